The van der Waals surface area contributed by atoms with Crippen LogP contribution in [0.3, 0.4) is 0 Å². The van der Waals surface area contributed by atoms with Gasteiger partial charge >= 0.3 is 0 Å². The molecule has 1 rings (SSSR count). The Hall–Kier alpha value is -1.60. The topological polar surface area (TPSA) is 92.5 Å². The predicted octanol–water partition coefficient (Wildman–Crippen LogP) is 0.586. The van der Waals surface area contributed by atoms with Crippen LogP contribution in [0.25, 0.3) is 0 Å². The Kier molecular flexibility index (Phi) is 5.13. The van der Waals surface area contributed by atoms with Crippen molar-refractivity contribution in [2.24, 2.45) is 0 Å². The van der Waals surface area contributed by atoms with E-state index in [1.807, 2.05) is 6.92 Å². The lowest BCUT2D eigenvalue weighted by molar-refractivity contribution is -0.130. The Morgan fingerprint density at radius 3 is 2.50 bits per heavy atom. The average Bonchev–Trinajstić information content (AvgIpc) is 2.37. The summed E-state index contributed by atoms with van der Waals surface area (Å²) in [6, 6.07) is 3.92. The third-order valence-corrected chi connectivity index (χ3v) is 4.53. The second kappa shape index (κ2) is 6.23. The molecule has 0 bridgehead atoms. The highest BCUT2D eigenvalue weighted by Gasteiger charge is 2.24. The normalized spacial score (nSPS) is 13.0. The van der Waals surface area contributed by atoms with Crippen molar-refractivity contribution in [1.82, 2.24) is 9.62 Å². The second-order valence-corrected chi connectivity index (χ2v) is 6.48. The molecule has 0 saturated heterocycles. The van der Waals surface area contributed by atoms with Crippen molar-refractivity contribution < 1.29 is 13.2 Å². The first-order chi connectivity index (χ1) is 9.19. The number of hydrogen-bond acceptors (Lipinski definition) is 4. The molecule has 0 aliphatic heterocycles. The largest absolute Gasteiger partial charge is 0.399 e. The highest BCUT2D eigenvalue weighted by Crippen LogP contribution is 2.20. The van der Waals surface area contributed by atoms with Crippen LogP contribution in [0, 0.1) is 0 Å². The van der Waals surface area contributed by atoms with E-state index in [2.05, 4.69) is 4.72 Å². The number of nitrogens with two attached hydrogens (primary N) is 1. The third-order valence-electron chi connectivity index (χ3n) is 2.90. The molecule has 1 amide bonds. The fourth-order valence-electron chi connectivity index (χ4n) is 1.85. The summed E-state index contributed by atoms with van der Waals surface area (Å²) in [4.78, 5) is 13.2. The number of nitrogens with zero attached hydrogens (tertiary/aromatic N) is 1. The zero-order valence-electron chi connectivity index (χ0n) is 12.2. The lowest BCUT2D eigenvalue weighted by atomic mass is 10.1. The summed E-state index contributed by atoms with van der Waals surface area (Å²) in [5, 5.41) is 0. The number of sulfonamides is 1. The first-order valence-electron chi connectivity index (χ1n) is 6.31. The van der Waals surface area contributed by atoms with E-state index >= 15 is 0 Å². The van der Waals surface area contributed by atoms with Crippen LogP contribution in [-0.2, 0) is 21.2 Å². The Balaban J connectivity index is 3.12. The van der Waals surface area contributed by atoms with Crippen LogP contribution in [0.1, 0.15) is 19.4 Å². The highest BCUT2D eigenvalue weighted by molar-refractivity contribution is 7.89. The molecule has 20 heavy (non-hydrogen) atoms. The zero-order valence-corrected chi connectivity index (χ0v) is 13.0. The van der Waals surface area contributed by atoms with Gasteiger partial charge in [0.15, 0.2) is 0 Å². The maximum atomic E-state index is 12.4. The first-order valence-corrected chi connectivity index (χ1v) is 7.79. The maximum absolute atomic E-state index is 12.4. The van der Waals surface area contributed by atoms with Crippen LogP contribution >= 0.6 is 0 Å². The number of hydrogen-bond donors (Lipinski definition) is 2. The van der Waals surface area contributed by atoms with Gasteiger partial charge in [-0.1, -0.05) is 13.0 Å². The monoisotopic (exact) mass is 299 g/mol. The fourth-order valence-corrected chi connectivity index (χ4v) is 3.39. The van der Waals surface area contributed by atoms with Crippen molar-refractivity contribution in [3.8, 4) is 0 Å². The van der Waals surface area contributed by atoms with Crippen molar-refractivity contribution in [3.63, 3.8) is 0 Å². The number of aryl methyl sites for hydroxylation is 1. The van der Waals surface area contributed by atoms with E-state index in [0.717, 1.165) is 0 Å². The number of nitrogens with one attached hydrogen (secondary N) is 1. The highest BCUT2D eigenvalue weighted by atomic mass is 32.2. The van der Waals surface area contributed by atoms with Gasteiger partial charge in [0.1, 0.15) is 0 Å². The molecule has 0 aliphatic carbocycles. The molecule has 3 N–H and O–H groups in total. The summed E-state index contributed by atoms with van der Waals surface area (Å²) < 4.78 is 27.1. The van der Waals surface area contributed by atoms with Crippen LogP contribution in [0.15, 0.2) is 23.1 Å². The van der Waals surface area contributed by atoms with Crippen molar-refractivity contribution in [2.45, 2.75) is 31.2 Å². The van der Waals surface area contributed by atoms with Crippen molar-refractivity contribution >= 4 is 21.6 Å². The minimum atomic E-state index is -3.78. The lowest BCUT2D eigenvalue weighted by Gasteiger charge is -2.19. The van der Waals surface area contributed by atoms with Crippen molar-refractivity contribution in [3.05, 3.63) is 23.8 Å². The molecule has 0 spiro atoms. The van der Waals surface area contributed by atoms with E-state index in [1.165, 1.54) is 17.9 Å². The number of carbonyl (C=O) groups is 1. The Morgan fingerprint density at radius 2 is 2.00 bits per heavy atom. The van der Waals surface area contributed by atoms with E-state index in [-0.39, 0.29) is 10.8 Å². The SMILES string of the molecule is CCc1ccc(N)cc1S(=O)(=O)NC(C)C(=O)N(C)C. The van der Waals surface area contributed by atoms with E-state index in [1.54, 1.807) is 26.2 Å². The summed E-state index contributed by atoms with van der Waals surface area (Å²) >= 11 is 0. The maximum Gasteiger partial charge on any atom is 0.241 e. The lowest BCUT2D eigenvalue weighted by Crippen LogP contribution is -2.44. The number of nitrogen functional groups attached to an aromatic ring is 1. The summed E-state index contributed by atoms with van der Waals surface area (Å²) in [6.07, 6.45) is 0.562. The summed E-state index contributed by atoms with van der Waals surface area (Å²) in [5.74, 6) is -0.310. The van der Waals surface area contributed by atoms with Crippen LogP contribution in [0.2, 0.25) is 0 Å². The molecule has 0 saturated carbocycles. The molecule has 1 aromatic rings. The molecule has 6 nitrogen and oxygen atoms in total. The molecule has 0 radical (unpaired) electrons. The van der Waals surface area contributed by atoms with Gasteiger partial charge in [-0.15, -0.1) is 0 Å². The van der Waals surface area contributed by atoms with E-state index in [4.69, 9.17) is 5.73 Å². The number of likely N-dealkylation sites (N-methyl/N-ethyl adjacent to an activating group) is 1. The second-order valence-electron chi connectivity index (χ2n) is 4.80. The Bertz CT molecular complexity index is 597. The van der Waals surface area contributed by atoms with Gasteiger partial charge in [-0.05, 0) is 31.0 Å². The molecule has 1 unspecified atom stereocenters. The van der Waals surface area contributed by atoms with Gasteiger partial charge < -0.3 is 10.6 Å². The third kappa shape index (κ3) is 3.71. The number of benzene rings is 1. The molecule has 0 fully saturated rings. The molecule has 112 valence electrons. The van der Waals surface area contributed by atoms with Gasteiger partial charge in [-0.25, -0.2) is 8.42 Å². The predicted molar refractivity (Wildman–Crippen MR) is 78.7 cm³/mol. The number of rotatable bonds is 5. The Morgan fingerprint density at radius 1 is 1.40 bits per heavy atom. The van der Waals surface area contributed by atoms with Crippen LogP contribution < -0.4 is 10.5 Å². The van der Waals surface area contributed by atoms with Gasteiger partial charge in [0, 0.05) is 19.8 Å². The number of carbonyl (C=O) groups excluding carboxylic acids is 1. The molecular formula is C13H21N3O3S. The molecular weight excluding hydrogens is 278 g/mol. The van der Waals surface area contributed by atoms with Crippen LogP contribution in [-0.4, -0.2) is 39.4 Å². The van der Waals surface area contributed by atoms with Crippen LogP contribution in [0.4, 0.5) is 5.69 Å². The minimum Gasteiger partial charge on any atom is -0.399 e. The number of anilines is 1. The van der Waals surface area contributed by atoms with Crippen molar-refractivity contribution in [2.75, 3.05) is 19.8 Å². The van der Waals surface area contributed by atoms with Crippen molar-refractivity contribution in [1.29, 1.82) is 0 Å². The van der Waals surface area contributed by atoms with Gasteiger partial charge in [0.25, 0.3) is 0 Å². The van der Waals surface area contributed by atoms with Gasteiger partial charge in [0.05, 0.1) is 10.9 Å². The Labute approximate surface area is 120 Å². The smallest absolute Gasteiger partial charge is 0.241 e. The summed E-state index contributed by atoms with van der Waals surface area (Å²) in [6.45, 7) is 3.37. The molecule has 0 aromatic heterocycles. The summed E-state index contributed by atoms with van der Waals surface area (Å²) in [5.41, 5.74) is 6.68. The minimum absolute atomic E-state index is 0.124. The average molecular weight is 299 g/mol. The quantitative estimate of drug-likeness (QED) is 0.778. The fraction of sp³-hybridized carbons (Fsp3) is 0.462. The van der Waals surface area contributed by atoms with Crippen LogP contribution in [0.5, 0.6) is 0 Å². The van der Waals surface area contributed by atoms with E-state index < -0.39 is 16.1 Å². The molecule has 1 atom stereocenters. The molecule has 0 heterocycles. The summed E-state index contributed by atoms with van der Waals surface area (Å²) in [7, 11) is -0.632. The molecule has 7 heteroatoms. The van der Waals surface area contributed by atoms with E-state index in [0.29, 0.717) is 17.7 Å². The first kappa shape index (κ1) is 16.5. The zero-order chi connectivity index (χ0) is 15.5. The van der Waals surface area contributed by atoms with Gasteiger partial charge in [0.2, 0.25) is 15.9 Å². The molecule has 0 aliphatic rings. The van der Waals surface area contributed by atoms with Gasteiger partial charge in [-0.3, -0.25) is 4.79 Å². The number of amides is 1. The molecule has 1 aromatic carbocycles. The van der Waals surface area contributed by atoms with Gasteiger partial charge in [-0.2, -0.15) is 4.72 Å². The van der Waals surface area contributed by atoms with E-state index in [9.17, 15) is 13.2 Å². The standard InChI is InChI=1S/C13H21N3O3S/c1-5-10-6-7-11(14)8-12(10)20(18,19)15-9(2)13(17)16(3)4/h6-9,15H,5,14H2,1-4H3.